The van der Waals surface area contributed by atoms with E-state index in [0.29, 0.717) is 11.9 Å². The molecule has 0 aromatic carbocycles. The van der Waals surface area contributed by atoms with Crippen molar-refractivity contribution in [3.8, 4) is 0 Å². The van der Waals surface area contributed by atoms with Gasteiger partial charge in [0, 0.05) is 11.1 Å². The number of halogens is 6. The molecule has 5 nitrogen and oxygen atoms in total. The van der Waals surface area contributed by atoms with Crippen LogP contribution in [0.3, 0.4) is 0 Å². The van der Waals surface area contributed by atoms with Crippen molar-refractivity contribution in [2.45, 2.75) is 24.2 Å². The molecule has 0 fully saturated rings. The lowest BCUT2D eigenvalue weighted by molar-refractivity contribution is -0.138. The van der Waals surface area contributed by atoms with Crippen LogP contribution in [0.5, 0.6) is 0 Å². The highest BCUT2D eigenvalue weighted by Gasteiger charge is 2.36. The third-order valence-electron chi connectivity index (χ3n) is 2.58. The van der Waals surface area contributed by atoms with Crippen LogP contribution in [0, 0.1) is 0 Å². The predicted molar refractivity (Wildman–Crippen MR) is 78.5 cm³/mol. The number of hydrogen-bond donors (Lipinski definition) is 1. The second-order valence-corrected chi connectivity index (χ2v) is 6.65. The first-order valence-electron chi connectivity index (χ1n) is 6.44. The Morgan fingerprint density at radius 1 is 1.20 bits per heavy atom. The fraction of sp³-hybridized carbons (Fsp3) is 0.333. The second-order valence-electron chi connectivity index (χ2n) is 4.37. The number of nitrogens with zero attached hydrogens (tertiary/aromatic N) is 3. The Kier molecular flexibility index (Phi) is 5.56. The van der Waals surface area contributed by atoms with Crippen LogP contribution in [0.1, 0.15) is 28.0 Å². The first-order valence-corrected chi connectivity index (χ1v) is 8.24. The molecule has 0 saturated carbocycles. The summed E-state index contributed by atoms with van der Waals surface area (Å²) in [6.07, 6.45) is -8.86. The monoisotopic (exact) mass is 402 g/mol. The van der Waals surface area contributed by atoms with Gasteiger partial charge >= 0.3 is 12.4 Å². The molecule has 2 aromatic rings. The molecule has 0 radical (unpaired) electrons. The number of hydrogen-bond acceptors (Lipinski definition) is 6. The summed E-state index contributed by atoms with van der Waals surface area (Å²) in [5.41, 5.74) is -1.38. The smallest absolute Gasteiger partial charge is 0.295 e. The number of anilines is 1. The molecule has 0 saturated heterocycles. The number of carbonyl (C=O) groups is 1. The number of alkyl halides is 6. The maximum Gasteiger partial charge on any atom is 0.445 e. The third kappa shape index (κ3) is 4.81. The molecule has 0 aliphatic rings. The summed E-state index contributed by atoms with van der Waals surface area (Å²) in [4.78, 5) is 15.6. The molecular weight excluding hydrogens is 394 g/mol. The highest BCUT2D eigenvalue weighted by molar-refractivity contribution is 7.99. The lowest BCUT2D eigenvalue weighted by atomic mass is 10.2. The van der Waals surface area contributed by atoms with Gasteiger partial charge in [0.25, 0.3) is 5.91 Å². The van der Waals surface area contributed by atoms with Crippen LogP contribution in [-0.4, -0.2) is 26.8 Å². The quantitative estimate of drug-likeness (QED) is 0.609. The molecule has 0 atom stereocenters. The van der Waals surface area contributed by atoms with Gasteiger partial charge in [0.05, 0.1) is 5.56 Å². The largest absolute Gasteiger partial charge is 0.445 e. The van der Waals surface area contributed by atoms with E-state index in [4.69, 9.17) is 0 Å². The predicted octanol–water partition coefficient (Wildman–Crippen LogP) is 4.34. The first-order chi connectivity index (χ1) is 11.5. The molecule has 2 rings (SSSR count). The molecule has 0 bridgehead atoms. The molecule has 13 heteroatoms. The van der Waals surface area contributed by atoms with Gasteiger partial charge in [-0.2, -0.15) is 26.3 Å². The topological polar surface area (TPSA) is 67.8 Å². The highest BCUT2D eigenvalue weighted by atomic mass is 32.2. The summed E-state index contributed by atoms with van der Waals surface area (Å²) < 4.78 is 75.6. The van der Waals surface area contributed by atoms with E-state index in [1.807, 2.05) is 0 Å². The molecule has 0 aliphatic carbocycles. The molecule has 0 spiro atoms. The minimum atomic E-state index is -4.71. The summed E-state index contributed by atoms with van der Waals surface area (Å²) >= 11 is 1.04. The van der Waals surface area contributed by atoms with E-state index in [1.54, 1.807) is 6.92 Å². The molecule has 2 aromatic heterocycles. The van der Waals surface area contributed by atoms with Crippen molar-refractivity contribution >= 4 is 34.1 Å². The van der Waals surface area contributed by atoms with E-state index in [9.17, 15) is 31.1 Å². The van der Waals surface area contributed by atoms with Gasteiger partial charge in [-0.25, -0.2) is 4.98 Å². The summed E-state index contributed by atoms with van der Waals surface area (Å²) in [7, 11) is 0. The standard InChI is InChI=1S/C12H8F6N4OS2/c1-2-24-6-3-5(11(13,14)15)4-19-7(6)8(23)20-10-22-21-9(25-10)12(16,17)18/h3-4H,2H2,1H3,(H,20,22,23). The van der Waals surface area contributed by atoms with Crippen molar-refractivity contribution < 1.29 is 31.1 Å². The average Bonchev–Trinajstić information content (AvgIpc) is 2.95. The van der Waals surface area contributed by atoms with Gasteiger partial charge in [-0.05, 0) is 11.8 Å². The number of aromatic nitrogens is 3. The zero-order valence-corrected chi connectivity index (χ0v) is 13.8. The first kappa shape index (κ1) is 19.4. The fourth-order valence-electron chi connectivity index (χ4n) is 1.58. The van der Waals surface area contributed by atoms with Gasteiger partial charge in [0.2, 0.25) is 10.1 Å². The van der Waals surface area contributed by atoms with Crippen LogP contribution < -0.4 is 5.32 Å². The molecular formula is C12H8F6N4OS2. The maximum absolute atomic E-state index is 12.7. The van der Waals surface area contributed by atoms with Crippen LogP contribution in [0.4, 0.5) is 31.5 Å². The Hall–Kier alpha value is -1.89. The van der Waals surface area contributed by atoms with Gasteiger partial charge in [0.1, 0.15) is 5.69 Å². The van der Waals surface area contributed by atoms with Gasteiger partial charge < -0.3 is 0 Å². The second kappa shape index (κ2) is 7.15. The van der Waals surface area contributed by atoms with Crippen molar-refractivity contribution in [1.82, 2.24) is 15.2 Å². The van der Waals surface area contributed by atoms with Gasteiger partial charge in [0.15, 0.2) is 0 Å². The van der Waals surface area contributed by atoms with E-state index >= 15 is 0 Å². The minimum Gasteiger partial charge on any atom is -0.295 e. The molecule has 1 N–H and O–H groups in total. The van der Waals surface area contributed by atoms with Crippen LogP contribution in [0.15, 0.2) is 17.2 Å². The van der Waals surface area contributed by atoms with Crippen molar-refractivity contribution in [2.75, 3.05) is 11.1 Å². The average molecular weight is 402 g/mol. The Labute approximate surface area is 144 Å². The van der Waals surface area contributed by atoms with Crippen molar-refractivity contribution in [3.63, 3.8) is 0 Å². The summed E-state index contributed by atoms with van der Waals surface area (Å²) in [5, 5.41) is 6.44. The minimum absolute atomic E-state index is 0.0459. The van der Waals surface area contributed by atoms with E-state index in [0.717, 1.165) is 17.8 Å². The molecule has 25 heavy (non-hydrogen) atoms. The molecule has 0 unspecified atom stereocenters. The third-order valence-corrected chi connectivity index (χ3v) is 4.38. The lowest BCUT2D eigenvalue weighted by Crippen LogP contribution is -2.16. The number of carbonyl (C=O) groups excluding carboxylic acids is 1. The Bertz CT molecular complexity index is 774. The Balaban J connectivity index is 2.27. The lowest BCUT2D eigenvalue weighted by Gasteiger charge is -2.11. The van der Waals surface area contributed by atoms with E-state index in [2.05, 4.69) is 20.5 Å². The van der Waals surface area contributed by atoms with Crippen molar-refractivity contribution in [3.05, 3.63) is 28.5 Å². The van der Waals surface area contributed by atoms with Crippen LogP contribution in [0.2, 0.25) is 0 Å². The van der Waals surface area contributed by atoms with E-state index in [1.165, 1.54) is 0 Å². The molecule has 2 heterocycles. The Morgan fingerprint density at radius 3 is 2.40 bits per heavy atom. The molecule has 1 amide bonds. The molecule has 136 valence electrons. The summed E-state index contributed by atoms with van der Waals surface area (Å²) in [5.74, 6) is -0.616. The zero-order chi connectivity index (χ0) is 18.8. The van der Waals surface area contributed by atoms with Crippen LogP contribution in [0.25, 0.3) is 0 Å². The van der Waals surface area contributed by atoms with Crippen molar-refractivity contribution in [1.29, 1.82) is 0 Å². The highest BCUT2D eigenvalue weighted by Crippen LogP contribution is 2.34. The normalized spacial score (nSPS) is 12.3. The number of thioether (sulfide) groups is 1. The number of nitrogens with one attached hydrogen (secondary N) is 1. The van der Waals surface area contributed by atoms with E-state index < -0.39 is 34.0 Å². The van der Waals surface area contributed by atoms with Crippen LogP contribution in [-0.2, 0) is 12.4 Å². The fourth-order valence-corrected chi connectivity index (χ4v) is 2.99. The maximum atomic E-state index is 12.7. The summed E-state index contributed by atoms with van der Waals surface area (Å²) in [6.45, 7) is 1.66. The molecule has 0 aliphatic heterocycles. The SMILES string of the molecule is CCSc1cc(C(F)(F)F)cnc1C(=O)Nc1nnc(C(F)(F)F)s1. The number of amides is 1. The number of pyridine rings is 1. The van der Waals surface area contributed by atoms with Crippen molar-refractivity contribution in [2.24, 2.45) is 0 Å². The van der Waals surface area contributed by atoms with E-state index in [-0.39, 0.29) is 21.9 Å². The summed E-state index contributed by atoms with van der Waals surface area (Å²) in [6, 6.07) is 0.761. The Morgan fingerprint density at radius 2 is 1.88 bits per heavy atom. The van der Waals surface area contributed by atoms with Gasteiger partial charge in [-0.3, -0.25) is 10.1 Å². The zero-order valence-electron chi connectivity index (χ0n) is 12.2. The van der Waals surface area contributed by atoms with Gasteiger partial charge in [-0.1, -0.05) is 18.3 Å². The van der Waals surface area contributed by atoms with Gasteiger partial charge in [-0.15, -0.1) is 22.0 Å². The van der Waals surface area contributed by atoms with Crippen LogP contribution >= 0.6 is 23.1 Å². The number of rotatable bonds is 4.